The van der Waals surface area contributed by atoms with E-state index in [2.05, 4.69) is 5.32 Å². The average Bonchev–Trinajstić information content (AvgIpc) is 3.06. The van der Waals surface area contributed by atoms with Crippen molar-refractivity contribution < 1.29 is 8.81 Å². The maximum Gasteiger partial charge on any atom is 0.333 e. The van der Waals surface area contributed by atoms with Crippen LogP contribution in [-0.2, 0) is 14.1 Å². The van der Waals surface area contributed by atoms with Crippen LogP contribution in [0.3, 0.4) is 0 Å². The molecule has 2 aromatic heterocycles. The fraction of sp³-hybridized carbons (Fsp3) is 0.143. The minimum Gasteiger partial charge on any atom is -0.423 e. The summed E-state index contributed by atoms with van der Waals surface area (Å²) in [6, 6.07) is 13.4. The Bertz CT molecular complexity index is 1310. The van der Waals surface area contributed by atoms with Crippen LogP contribution in [0.2, 0.25) is 0 Å². The predicted molar refractivity (Wildman–Crippen MR) is 107 cm³/mol. The number of fused-ring (bicyclic) bond motifs is 1. The quantitative estimate of drug-likeness (QED) is 0.589. The van der Waals surface area contributed by atoms with Crippen LogP contribution in [0.25, 0.3) is 22.2 Å². The maximum absolute atomic E-state index is 13.5. The molecule has 142 valence electrons. The van der Waals surface area contributed by atoms with Crippen molar-refractivity contribution in [1.29, 1.82) is 0 Å². The summed E-state index contributed by atoms with van der Waals surface area (Å²) >= 11 is 0. The Labute approximate surface area is 159 Å². The van der Waals surface area contributed by atoms with Gasteiger partial charge in [0.25, 0.3) is 5.56 Å². The molecule has 0 aliphatic carbocycles. The second kappa shape index (κ2) is 6.53. The molecule has 0 aliphatic rings. The van der Waals surface area contributed by atoms with Gasteiger partial charge < -0.3 is 9.73 Å². The van der Waals surface area contributed by atoms with Crippen molar-refractivity contribution in [2.45, 2.75) is 6.92 Å². The summed E-state index contributed by atoms with van der Waals surface area (Å²) < 4.78 is 21.7. The van der Waals surface area contributed by atoms with Gasteiger partial charge in [-0.1, -0.05) is 30.3 Å². The molecule has 2 aromatic carbocycles. The molecule has 0 amide bonds. The van der Waals surface area contributed by atoms with Crippen LogP contribution < -0.4 is 16.6 Å². The number of nitrogens with one attached hydrogen (secondary N) is 1. The predicted octanol–water partition coefficient (Wildman–Crippen LogP) is 3.69. The van der Waals surface area contributed by atoms with E-state index in [0.29, 0.717) is 17.0 Å². The average molecular weight is 379 g/mol. The number of benzene rings is 2. The molecular weight excluding hydrogens is 361 g/mol. The van der Waals surface area contributed by atoms with Crippen LogP contribution >= 0.6 is 0 Å². The van der Waals surface area contributed by atoms with Gasteiger partial charge in [-0.3, -0.25) is 13.9 Å². The molecule has 0 atom stereocenters. The summed E-state index contributed by atoms with van der Waals surface area (Å²) in [6.07, 6.45) is 0. The van der Waals surface area contributed by atoms with Gasteiger partial charge >= 0.3 is 5.69 Å². The molecule has 2 heterocycles. The maximum atomic E-state index is 13.5. The van der Waals surface area contributed by atoms with Crippen LogP contribution in [0, 0.1) is 12.7 Å². The zero-order valence-corrected chi connectivity index (χ0v) is 15.6. The molecular formula is C21H18FN3O3. The number of aromatic nitrogens is 2. The topological polar surface area (TPSA) is 69.2 Å². The molecule has 0 bridgehead atoms. The van der Waals surface area contributed by atoms with E-state index >= 15 is 0 Å². The molecule has 0 spiro atoms. The monoisotopic (exact) mass is 379 g/mol. The van der Waals surface area contributed by atoms with Gasteiger partial charge in [0.1, 0.15) is 11.2 Å². The third kappa shape index (κ3) is 2.72. The van der Waals surface area contributed by atoms with Crippen molar-refractivity contribution in [1.82, 2.24) is 9.13 Å². The SMILES string of the molecule is Cc1ccccc1Nc1oc2c(c1-c1ccc(F)cc1)c(=O)n(C)c(=O)n2C. The molecule has 0 aliphatic heterocycles. The first kappa shape index (κ1) is 17.8. The zero-order valence-electron chi connectivity index (χ0n) is 15.6. The highest BCUT2D eigenvalue weighted by Crippen LogP contribution is 2.38. The first-order chi connectivity index (χ1) is 13.4. The normalized spacial score (nSPS) is 11.1. The number of rotatable bonds is 3. The Balaban J connectivity index is 2.08. The summed E-state index contributed by atoms with van der Waals surface area (Å²) in [5.74, 6) is -0.0699. The molecule has 0 saturated heterocycles. The van der Waals surface area contributed by atoms with Crippen LogP contribution in [0.4, 0.5) is 16.0 Å². The zero-order chi connectivity index (χ0) is 20.0. The lowest BCUT2D eigenvalue weighted by atomic mass is 10.0. The van der Waals surface area contributed by atoms with Crippen LogP contribution in [-0.4, -0.2) is 9.13 Å². The van der Waals surface area contributed by atoms with Gasteiger partial charge in [0.2, 0.25) is 11.6 Å². The first-order valence-electron chi connectivity index (χ1n) is 8.69. The van der Waals surface area contributed by atoms with Gasteiger partial charge in [-0.15, -0.1) is 0 Å². The third-order valence-electron chi connectivity index (χ3n) is 4.81. The van der Waals surface area contributed by atoms with E-state index in [1.807, 2.05) is 31.2 Å². The van der Waals surface area contributed by atoms with E-state index in [1.165, 1.54) is 23.7 Å². The van der Waals surface area contributed by atoms with Gasteiger partial charge in [0, 0.05) is 19.8 Å². The fourth-order valence-corrected chi connectivity index (χ4v) is 3.24. The number of halogens is 1. The van der Waals surface area contributed by atoms with Crippen molar-refractivity contribution in [3.63, 3.8) is 0 Å². The summed E-state index contributed by atoms with van der Waals surface area (Å²) in [7, 11) is 2.96. The number of hydrogen-bond acceptors (Lipinski definition) is 4. The minimum atomic E-state index is -0.487. The number of anilines is 2. The number of hydrogen-bond donors (Lipinski definition) is 1. The Morgan fingerprint density at radius 3 is 2.32 bits per heavy atom. The van der Waals surface area contributed by atoms with Crippen LogP contribution in [0.1, 0.15) is 5.56 Å². The number of nitrogens with zero attached hydrogens (tertiary/aromatic N) is 2. The summed E-state index contributed by atoms with van der Waals surface area (Å²) in [5.41, 5.74) is 2.06. The third-order valence-corrected chi connectivity index (χ3v) is 4.81. The molecule has 4 rings (SSSR count). The Morgan fingerprint density at radius 1 is 0.964 bits per heavy atom. The lowest BCUT2D eigenvalue weighted by Crippen LogP contribution is -2.36. The highest BCUT2D eigenvalue weighted by atomic mass is 19.1. The van der Waals surface area contributed by atoms with E-state index in [0.717, 1.165) is 15.8 Å². The number of aryl methyl sites for hydroxylation is 2. The van der Waals surface area contributed by atoms with E-state index in [4.69, 9.17) is 4.42 Å². The Morgan fingerprint density at radius 2 is 1.64 bits per heavy atom. The molecule has 28 heavy (non-hydrogen) atoms. The van der Waals surface area contributed by atoms with Crippen molar-refractivity contribution in [2.24, 2.45) is 14.1 Å². The van der Waals surface area contributed by atoms with Crippen LogP contribution in [0.5, 0.6) is 0 Å². The number of furan rings is 1. The van der Waals surface area contributed by atoms with Gasteiger partial charge in [0.15, 0.2) is 0 Å². The minimum absolute atomic E-state index is 0.156. The smallest absolute Gasteiger partial charge is 0.333 e. The molecule has 0 saturated carbocycles. The summed E-state index contributed by atoms with van der Waals surface area (Å²) in [4.78, 5) is 25.2. The van der Waals surface area contributed by atoms with E-state index in [9.17, 15) is 14.0 Å². The molecule has 4 aromatic rings. The van der Waals surface area contributed by atoms with E-state index < -0.39 is 11.2 Å². The molecule has 1 N–H and O–H groups in total. The fourth-order valence-electron chi connectivity index (χ4n) is 3.24. The van der Waals surface area contributed by atoms with Crippen molar-refractivity contribution >= 4 is 22.7 Å². The van der Waals surface area contributed by atoms with Crippen molar-refractivity contribution in [3.8, 4) is 11.1 Å². The number of para-hydroxylation sites is 1. The molecule has 0 unspecified atom stereocenters. The highest BCUT2D eigenvalue weighted by Gasteiger charge is 2.23. The molecule has 0 fully saturated rings. The van der Waals surface area contributed by atoms with Gasteiger partial charge in [0.05, 0.1) is 5.56 Å². The molecule has 7 heteroatoms. The Kier molecular flexibility index (Phi) is 4.15. The summed E-state index contributed by atoms with van der Waals surface area (Å²) in [6.45, 7) is 1.94. The second-order valence-corrected chi connectivity index (χ2v) is 6.64. The van der Waals surface area contributed by atoms with Gasteiger partial charge in [-0.05, 0) is 36.2 Å². The lowest BCUT2D eigenvalue weighted by Gasteiger charge is -2.09. The van der Waals surface area contributed by atoms with E-state index in [1.54, 1.807) is 19.2 Å². The molecule has 6 nitrogen and oxygen atoms in total. The molecule has 0 radical (unpaired) electrons. The van der Waals surface area contributed by atoms with E-state index in [-0.39, 0.29) is 16.9 Å². The van der Waals surface area contributed by atoms with Gasteiger partial charge in [-0.25, -0.2) is 9.18 Å². The first-order valence-corrected chi connectivity index (χ1v) is 8.69. The van der Waals surface area contributed by atoms with Gasteiger partial charge in [-0.2, -0.15) is 0 Å². The van der Waals surface area contributed by atoms with Crippen molar-refractivity contribution in [2.75, 3.05) is 5.32 Å². The van der Waals surface area contributed by atoms with Crippen LogP contribution in [0.15, 0.2) is 62.5 Å². The van der Waals surface area contributed by atoms with Crippen molar-refractivity contribution in [3.05, 3.63) is 80.7 Å². The largest absolute Gasteiger partial charge is 0.423 e. The Hall–Kier alpha value is -3.61. The lowest BCUT2D eigenvalue weighted by molar-refractivity contribution is 0.577. The standard InChI is InChI=1S/C21H18FN3O3/c1-12-6-4-5-7-15(12)23-18-16(13-8-10-14(22)11-9-13)17-19(26)24(2)21(27)25(3)20(17)28-18/h4-11,23H,1-3H3. The summed E-state index contributed by atoms with van der Waals surface area (Å²) in [5, 5.41) is 3.47. The second-order valence-electron chi connectivity index (χ2n) is 6.64. The highest BCUT2D eigenvalue weighted by molar-refractivity contribution is 5.99.